The molecule has 1 aliphatic rings. The van der Waals surface area contributed by atoms with Gasteiger partial charge in [-0.2, -0.15) is 0 Å². The van der Waals surface area contributed by atoms with Crippen LogP contribution < -0.4 is 5.32 Å². The monoisotopic (exact) mass is 291 g/mol. The van der Waals surface area contributed by atoms with Crippen LogP contribution in [0.5, 0.6) is 0 Å². The fourth-order valence-electron chi connectivity index (χ4n) is 2.86. The van der Waals surface area contributed by atoms with Crippen molar-refractivity contribution in [2.45, 2.75) is 51.7 Å². The first-order valence-electron chi connectivity index (χ1n) is 7.77. The lowest BCUT2D eigenvalue weighted by Crippen LogP contribution is -2.45. The Morgan fingerprint density at radius 1 is 1.38 bits per heavy atom. The summed E-state index contributed by atoms with van der Waals surface area (Å²) >= 11 is 0. The number of benzene rings is 1. The van der Waals surface area contributed by atoms with Crippen LogP contribution in [0.4, 0.5) is 5.69 Å². The van der Waals surface area contributed by atoms with E-state index in [-0.39, 0.29) is 10.6 Å². The molecule has 0 bridgehead atoms. The van der Waals surface area contributed by atoms with Gasteiger partial charge in [-0.25, -0.2) is 0 Å². The first kappa shape index (κ1) is 15.9. The zero-order chi connectivity index (χ0) is 15.2. The van der Waals surface area contributed by atoms with Crippen molar-refractivity contribution in [2.24, 2.45) is 0 Å². The molecule has 0 aromatic heterocycles. The Hall–Kier alpha value is -1.46. The molecule has 5 heteroatoms. The minimum absolute atomic E-state index is 0.222. The van der Waals surface area contributed by atoms with Crippen LogP contribution in [-0.4, -0.2) is 35.0 Å². The third-order valence-electron chi connectivity index (χ3n) is 4.16. The van der Waals surface area contributed by atoms with E-state index in [4.69, 9.17) is 0 Å². The molecule has 1 aliphatic heterocycles. The zero-order valence-corrected chi connectivity index (χ0v) is 12.9. The van der Waals surface area contributed by atoms with Gasteiger partial charge in [-0.15, -0.1) is 0 Å². The molecule has 1 atom stereocenters. The van der Waals surface area contributed by atoms with Crippen molar-refractivity contribution in [3.8, 4) is 0 Å². The number of para-hydroxylation sites is 1. The molecule has 2 rings (SSSR count). The average molecular weight is 291 g/mol. The van der Waals surface area contributed by atoms with Crippen LogP contribution in [0.1, 0.15) is 38.7 Å². The van der Waals surface area contributed by atoms with Crippen LogP contribution in [-0.2, 0) is 6.54 Å². The molecule has 1 fully saturated rings. The van der Waals surface area contributed by atoms with Gasteiger partial charge in [-0.3, -0.25) is 15.0 Å². The van der Waals surface area contributed by atoms with E-state index in [0.29, 0.717) is 18.6 Å². The van der Waals surface area contributed by atoms with Crippen molar-refractivity contribution in [2.75, 3.05) is 13.1 Å². The molecule has 0 spiro atoms. The van der Waals surface area contributed by atoms with Crippen molar-refractivity contribution >= 4 is 5.69 Å². The lowest BCUT2D eigenvalue weighted by molar-refractivity contribution is -0.385. The third kappa shape index (κ3) is 4.51. The van der Waals surface area contributed by atoms with Crippen LogP contribution in [0.25, 0.3) is 0 Å². The van der Waals surface area contributed by atoms with Crippen molar-refractivity contribution in [1.82, 2.24) is 10.2 Å². The smallest absolute Gasteiger partial charge is 0.273 e. The molecule has 1 heterocycles. The van der Waals surface area contributed by atoms with E-state index < -0.39 is 0 Å². The number of hydrogen-bond donors (Lipinski definition) is 1. The molecule has 1 aromatic rings. The SMILES string of the molecule is CC(C)N(Cc1ccccc1[N+](=O)[O-])CC1CCCCN1. The summed E-state index contributed by atoms with van der Waals surface area (Å²) < 4.78 is 0. The highest BCUT2D eigenvalue weighted by molar-refractivity contribution is 5.39. The molecule has 0 radical (unpaired) electrons. The largest absolute Gasteiger partial charge is 0.313 e. The van der Waals surface area contributed by atoms with Crippen molar-refractivity contribution in [1.29, 1.82) is 0 Å². The van der Waals surface area contributed by atoms with Gasteiger partial charge in [0.15, 0.2) is 0 Å². The van der Waals surface area contributed by atoms with Crippen LogP contribution >= 0.6 is 0 Å². The van der Waals surface area contributed by atoms with E-state index >= 15 is 0 Å². The molecule has 1 N–H and O–H groups in total. The number of nitrogens with zero attached hydrogens (tertiary/aromatic N) is 2. The van der Waals surface area contributed by atoms with Gasteiger partial charge in [0.25, 0.3) is 5.69 Å². The minimum atomic E-state index is -0.285. The Morgan fingerprint density at radius 3 is 2.76 bits per heavy atom. The van der Waals surface area contributed by atoms with E-state index in [1.54, 1.807) is 12.1 Å². The first-order valence-corrected chi connectivity index (χ1v) is 7.77. The molecule has 21 heavy (non-hydrogen) atoms. The van der Waals surface area contributed by atoms with Crippen molar-refractivity contribution < 1.29 is 4.92 Å². The molecule has 1 unspecified atom stereocenters. The zero-order valence-electron chi connectivity index (χ0n) is 12.9. The third-order valence-corrected chi connectivity index (χ3v) is 4.16. The second-order valence-electron chi connectivity index (χ2n) is 6.06. The van der Waals surface area contributed by atoms with E-state index in [2.05, 4.69) is 24.1 Å². The van der Waals surface area contributed by atoms with E-state index in [9.17, 15) is 10.1 Å². The standard InChI is InChI=1S/C16H25N3O2/c1-13(2)18(12-15-8-5-6-10-17-15)11-14-7-3-4-9-16(14)19(20)21/h3-4,7,9,13,15,17H,5-6,8,10-12H2,1-2H3. The van der Waals surface area contributed by atoms with Gasteiger partial charge in [-0.1, -0.05) is 24.6 Å². The Labute approximate surface area is 126 Å². The number of rotatable bonds is 6. The second-order valence-corrected chi connectivity index (χ2v) is 6.06. The van der Waals surface area contributed by atoms with E-state index in [1.165, 1.54) is 19.3 Å². The van der Waals surface area contributed by atoms with Gasteiger partial charge >= 0.3 is 0 Å². The highest BCUT2D eigenvalue weighted by atomic mass is 16.6. The highest BCUT2D eigenvalue weighted by Crippen LogP contribution is 2.21. The Kier molecular flexibility index (Phi) is 5.70. The maximum absolute atomic E-state index is 11.1. The molecule has 0 aliphatic carbocycles. The molecule has 116 valence electrons. The molecule has 5 nitrogen and oxygen atoms in total. The summed E-state index contributed by atoms with van der Waals surface area (Å²) in [5.74, 6) is 0. The van der Waals surface area contributed by atoms with Gasteiger partial charge in [0, 0.05) is 36.8 Å². The number of nitro groups is 1. The molecule has 1 aromatic carbocycles. The van der Waals surface area contributed by atoms with Crippen molar-refractivity contribution in [3.63, 3.8) is 0 Å². The number of hydrogen-bond acceptors (Lipinski definition) is 4. The highest BCUT2D eigenvalue weighted by Gasteiger charge is 2.21. The maximum atomic E-state index is 11.1. The number of piperidine rings is 1. The quantitative estimate of drug-likeness (QED) is 0.646. The summed E-state index contributed by atoms with van der Waals surface area (Å²) in [6, 6.07) is 7.93. The Bertz CT molecular complexity index is 470. The Balaban J connectivity index is 2.07. The summed E-state index contributed by atoms with van der Waals surface area (Å²) in [6.45, 7) is 6.97. The van der Waals surface area contributed by atoms with Crippen molar-refractivity contribution in [3.05, 3.63) is 39.9 Å². The summed E-state index contributed by atoms with van der Waals surface area (Å²) in [5.41, 5.74) is 1.02. The molecule has 0 saturated carbocycles. The van der Waals surface area contributed by atoms with Crippen LogP contribution in [0.15, 0.2) is 24.3 Å². The van der Waals surface area contributed by atoms with E-state index in [0.717, 1.165) is 18.7 Å². The average Bonchev–Trinajstić information content (AvgIpc) is 2.48. The number of nitro benzene ring substituents is 1. The van der Waals surface area contributed by atoms with Gasteiger partial charge in [-0.05, 0) is 33.2 Å². The molecular formula is C16H25N3O2. The minimum Gasteiger partial charge on any atom is -0.313 e. The molecule has 0 amide bonds. The lowest BCUT2D eigenvalue weighted by Gasteiger charge is -2.33. The molecule has 1 saturated heterocycles. The summed E-state index contributed by atoms with van der Waals surface area (Å²) in [5, 5.41) is 14.7. The predicted molar refractivity (Wildman–Crippen MR) is 84.3 cm³/mol. The summed E-state index contributed by atoms with van der Waals surface area (Å²) in [6.07, 6.45) is 3.72. The predicted octanol–water partition coefficient (Wildman–Crippen LogP) is 2.95. The molecular weight excluding hydrogens is 266 g/mol. The summed E-state index contributed by atoms with van der Waals surface area (Å²) in [4.78, 5) is 13.2. The second kappa shape index (κ2) is 7.52. The van der Waals surface area contributed by atoms with Gasteiger partial charge < -0.3 is 5.32 Å². The Morgan fingerprint density at radius 2 is 2.14 bits per heavy atom. The summed E-state index contributed by atoms with van der Waals surface area (Å²) in [7, 11) is 0. The van der Waals surface area contributed by atoms with Gasteiger partial charge in [0.1, 0.15) is 0 Å². The normalized spacial score (nSPS) is 19.1. The van der Waals surface area contributed by atoms with Crippen LogP contribution in [0.3, 0.4) is 0 Å². The fraction of sp³-hybridized carbons (Fsp3) is 0.625. The maximum Gasteiger partial charge on any atom is 0.273 e. The van der Waals surface area contributed by atoms with E-state index in [1.807, 2.05) is 12.1 Å². The fourth-order valence-corrected chi connectivity index (χ4v) is 2.86. The van der Waals surface area contributed by atoms with Gasteiger partial charge in [0.05, 0.1) is 4.92 Å². The topological polar surface area (TPSA) is 58.4 Å². The van der Waals surface area contributed by atoms with Crippen LogP contribution in [0.2, 0.25) is 0 Å². The lowest BCUT2D eigenvalue weighted by atomic mass is 10.0. The van der Waals surface area contributed by atoms with Gasteiger partial charge in [0.2, 0.25) is 0 Å². The van der Waals surface area contributed by atoms with Crippen LogP contribution in [0, 0.1) is 10.1 Å². The number of nitrogens with one attached hydrogen (secondary N) is 1. The first-order chi connectivity index (χ1) is 10.1.